The lowest BCUT2D eigenvalue weighted by Crippen LogP contribution is -2.58. The molecular weight excluding hydrogens is 961 g/mol. The van der Waals surface area contributed by atoms with Gasteiger partial charge >= 0.3 is 28.4 Å². The first kappa shape index (κ1) is 59.0. The number of alkyl carbamates (subject to hydrolysis) is 1. The standard InChI is InChI=1S/C49H66N6O16S/c1-6-8-15-36(52-46(63)39(55-48(65)70-49(3,4)5)28-33-19-23-35(24-20-33)71-72(66,67)68)43(60)50-30-41(57)51-38(27-32-17-21-34(56)22-18-32)45(62)53-37(16-9-7-2)44(61)54-40(29-42(58)59)47(64)69-26-25-31-13-11-10-12-14-31/h10-14,17-24,36-40,56H,6-9,15-16,25-30H2,1-5H3,(H,50,60)(H,51,57)(H,52,63)(H,53,62)(H,54,61)(H,55,65)(H,58,59)(H,66,67,68)/t36-,37-,38-,39-,40-/m0/s1. The molecule has 0 aromatic heterocycles. The Morgan fingerprint density at radius 1 is 0.625 bits per heavy atom. The molecule has 0 saturated carbocycles. The number of aromatic hydroxyl groups is 1. The van der Waals surface area contributed by atoms with Crippen LogP contribution < -0.4 is 36.1 Å². The molecule has 23 heteroatoms. The van der Waals surface area contributed by atoms with Gasteiger partial charge in [-0.1, -0.05) is 94.1 Å². The number of carboxylic acids is 1. The maximum atomic E-state index is 14.1. The molecule has 394 valence electrons. The predicted octanol–water partition coefficient (Wildman–Crippen LogP) is 2.95. The number of benzene rings is 3. The van der Waals surface area contributed by atoms with E-state index in [-0.39, 0.29) is 43.8 Å². The maximum Gasteiger partial charge on any atom is 0.446 e. The summed E-state index contributed by atoms with van der Waals surface area (Å²) >= 11 is 0. The summed E-state index contributed by atoms with van der Waals surface area (Å²) in [5.74, 6) is -6.88. The summed E-state index contributed by atoms with van der Waals surface area (Å²) in [5, 5.41) is 34.6. The molecule has 0 bridgehead atoms. The molecule has 9 N–H and O–H groups in total. The highest BCUT2D eigenvalue weighted by atomic mass is 32.3. The number of nitrogens with one attached hydrogen (secondary N) is 6. The van der Waals surface area contributed by atoms with E-state index < -0.39 is 107 Å². The summed E-state index contributed by atoms with van der Waals surface area (Å²) in [4.78, 5) is 107. The van der Waals surface area contributed by atoms with E-state index in [1.54, 1.807) is 32.9 Å². The van der Waals surface area contributed by atoms with Crippen LogP contribution in [0.25, 0.3) is 0 Å². The molecule has 0 radical (unpaired) electrons. The van der Waals surface area contributed by atoms with Gasteiger partial charge in [0.15, 0.2) is 0 Å². The summed E-state index contributed by atoms with van der Waals surface area (Å²) in [7, 11) is -4.82. The highest BCUT2D eigenvalue weighted by Gasteiger charge is 2.33. The predicted molar refractivity (Wildman–Crippen MR) is 260 cm³/mol. The van der Waals surface area contributed by atoms with Crippen molar-refractivity contribution in [2.24, 2.45) is 0 Å². The van der Waals surface area contributed by atoms with Gasteiger partial charge in [0.05, 0.1) is 19.6 Å². The molecule has 3 aromatic carbocycles. The number of carbonyl (C=O) groups is 8. The number of esters is 1. The van der Waals surface area contributed by atoms with Gasteiger partial charge in [-0.3, -0.25) is 33.3 Å². The molecule has 3 aromatic rings. The zero-order valence-corrected chi connectivity index (χ0v) is 41.8. The number of amides is 6. The Hall–Kier alpha value is -7.27. The van der Waals surface area contributed by atoms with Crippen LogP contribution in [-0.2, 0) is 72.7 Å². The van der Waals surface area contributed by atoms with Crippen molar-refractivity contribution in [1.82, 2.24) is 31.9 Å². The fraction of sp³-hybridized carbons (Fsp3) is 0.469. The molecule has 5 atom stereocenters. The molecule has 22 nitrogen and oxygen atoms in total. The lowest BCUT2D eigenvalue weighted by atomic mass is 10.0. The minimum Gasteiger partial charge on any atom is -0.508 e. The van der Waals surface area contributed by atoms with Crippen LogP contribution >= 0.6 is 0 Å². The number of rotatable bonds is 29. The summed E-state index contributed by atoms with van der Waals surface area (Å²) < 4.78 is 46.4. The first-order valence-electron chi connectivity index (χ1n) is 23.4. The third-order valence-corrected chi connectivity index (χ3v) is 10.8. The molecule has 0 aliphatic heterocycles. The Balaban J connectivity index is 1.78. The van der Waals surface area contributed by atoms with E-state index in [1.807, 2.05) is 32.0 Å². The normalized spacial score (nSPS) is 13.4. The zero-order chi connectivity index (χ0) is 53.4. The fourth-order valence-corrected chi connectivity index (χ4v) is 7.22. The van der Waals surface area contributed by atoms with Gasteiger partial charge in [0.25, 0.3) is 0 Å². The first-order valence-corrected chi connectivity index (χ1v) is 24.8. The van der Waals surface area contributed by atoms with E-state index in [0.717, 1.165) is 5.56 Å². The topological polar surface area (TPSA) is 331 Å². The van der Waals surface area contributed by atoms with Gasteiger partial charge in [-0.25, -0.2) is 9.59 Å². The molecule has 0 heterocycles. The van der Waals surface area contributed by atoms with Gasteiger partial charge in [-0.05, 0) is 74.6 Å². The SMILES string of the molecule is CCCC[C@H](NC(=O)[C@H](Cc1ccc(OS(=O)(=O)O)cc1)NC(=O)OC(C)(C)C)C(=O)NCC(=O)N[C@@H](Cc1ccc(O)cc1)C(=O)N[C@@H](CCCC)C(=O)N[C@@H](CC(=O)O)C(=O)OCCc1ccccc1. The Morgan fingerprint density at radius 2 is 1.12 bits per heavy atom. The smallest absolute Gasteiger partial charge is 0.446 e. The fourth-order valence-electron chi connectivity index (χ4n) is 6.86. The third kappa shape index (κ3) is 23.1. The molecule has 3 rings (SSSR count). The number of aliphatic carboxylic acids is 1. The largest absolute Gasteiger partial charge is 0.508 e. The second-order valence-electron chi connectivity index (χ2n) is 17.7. The van der Waals surface area contributed by atoms with Gasteiger partial charge in [0.1, 0.15) is 47.3 Å². The van der Waals surface area contributed by atoms with E-state index >= 15 is 0 Å². The van der Waals surface area contributed by atoms with Crippen molar-refractivity contribution in [2.45, 2.75) is 135 Å². The van der Waals surface area contributed by atoms with E-state index in [4.69, 9.17) is 14.0 Å². The van der Waals surface area contributed by atoms with Crippen LogP contribution in [-0.4, -0.2) is 120 Å². The minimum atomic E-state index is -4.82. The highest BCUT2D eigenvalue weighted by molar-refractivity contribution is 7.81. The van der Waals surface area contributed by atoms with Crippen molar-refractivity contribution in [3.63, 3.8) is 0 Å². The van der Waals surface area contributed by atoms with Gasteiger partial charge in [0, 0.05) is 19.3 Å². The zero-order valence-electron chi connectivity index (χ0n) is 40.9. The number of ether oxygens (including phenoxy) is 2. The van der Waals surface area contributed by atoms with E-state index in [2.05, 4.69) is 36.1 Å². The van der Waals surface area contributed by atoms with Crippen LogP contribution in [0.5, 0.6) is 11.5 Å². The molecular formula is C49H66N6O16S. The quantitative estimate of drug-likeness (QED) is 0.0357. The van der Waals surface area contributed by atoms with Gasteiger partial charge in [-0.15, -0.1) is 0 Å². The van der Waals surface area contributed by atoms with Crippen molar-refractivity contribution in [3.8, 4) is 11.5 Å². The first-order chi connectivity index (χ1) is 33.9. The van der Waals surface area contributed by atoms with Crippen LogP contribution in [0.4, 0.5) is 4.79 Å². The number of unbranched alkanes of at least 4 members (excludes halogenated alkanes) is 2. The second kappa shape index (κ2) is 29.2. The number of carboxylic acid groups (broad SMARTS) is 1. The minimum absolute atomic E-state index is 0.0597. The average molecular weight is 1030 g/mol. The Bertz CT molecular complexity index is 2400. The Morgan fingerprint density at radius 3 is 1.64 bits per heavy atom. The molecule has 0 unspecified atom stereocenters. The van der Waals surface area contributed by atoms with Crippen molar-refractivity contribution >= 4 is 58.0 Å². The molecule has 0 aliphatic carbocycles. The van der Waals surface area contributed by atoms with E-state index in [1.165, 1.54) is 48.5 Å². The van der Waals surface area contributed by atoms with Crippen LogP contribution in [0.2, 0.25) is 0 Å². The van der Waals surface area contributed by atoms with Gasteiger partial charge < -0.3 is 55.8 Å². The highest BCUT2D eigenvalue weighted by Crippen LogP contribution is 2.17. The summed E-state index contributed by atoms with van der Waals surface area (Å²) in [6.45, 7) is 7.73. The van der Waals surface area contributed by atoms with Crippen LogP contribution in [0.3, 0.4) is 0 Å². The van der Waals surface area contributed by atoms with Crippen LogP contribution in [0, 0.1) is 0 Å². The molecule has 0 aliphatic rings. The van der Waals surface area contributed by atoms with Gasteiger partial charge in [-0.2, -0.15) is 8.42 Å². The van der Waals surface area contributed by atoms with Crippen molar-refractivity contribution in [2.75, 3.05) is 13.2 Å². The molecule has 0 spiro atoms. The number of phenolic OH excluding ortho intramolecular Hbond substituents is 1. The van der Waals surface area contributed by atoms with Crippen molar-refractivity contribution in [1.29, 1.82) is 0 Å². The average Bonchev–Trinajstić information content (AvgIpc) is 3.30. The van der Waals surface area contributed by atoms with Crippen molar-refractivity contribution in [3.05, 3.63) is 95.6 Å². The monoisotopic (exact) mass is 1030 g/mol. The third-order valence-electron chi connectivity index (χ3n) is 10.4. The van der Waals surface area contributed by atoms with E-state index in [9.17, 15) is 57.0 Å². The van der Waals surface area contributed by atoms with Crippen molar-refractivity contribution < 1.29 is 75.2 Å². The number of hydrogen-bond acceptors (Lipinski definition) is 14. The summed E-state index contributed by atoms with van der Waals surface area (Å²) in [6.07, 6.45) is 0.419. The molecule has 0 fully saturated rings. The van der Waals surface area contributed by atoms with Crippen LogP contribution in [0.15, 0.2) is 78.9 Å². The van der Waals surface area contributed by atoms with Crippen LogP contribution in [0.1, 0.15) is 96.3 Å². The molecule has 6 amide bonds. The number of hydrogen-bond donors (Lipinski definition) is 9. The lowest BCUT2D eigenvalue weighted by molar-refractivity contribution is -0.152. The van der Waals surface area contributed by atoms with E-state index in [0.29, 0.717) is 43.2 Å². The Labute approximate surface area is 418 Å². The molecule has 72 heavy (non-hydrogen) atoms. The Kier molecular flexibility index (Phi) is 23.9. The van der Waals surface area contributed by atoms with Gasteiger partial charge in [0.2, 0.25) is 29.5 Å². The second-order valence-corrected chi connectivity index (χ2v) is 18.8. The maximum absolute atomic E-state index is 14.1. The molecule has 0 saturated heterocycles. The summed E-state index contributed by atoms with van der Waals surface area (Å²) in [5.41, 5.74) is 0.791. The number of carbonyl (C=O) groups excluding carboxylic acids is 7. The summed E-state index contributed by atoms with van der Waals surface area (Å²) in [6, 6.07) is 13.1. The lowest BCUT2D eigenvalue weighted by Gasteiger charge is -2.26. The number of phenols is 1.